The van der Waals surface area contributed by atoms with Crippen LogP contribution in [0.4, 0.5) is 0 Å². The Labute approximate surface area is 94.1 Å². The van der Waals surface area contributed by atoms with Crippen LogP contribution in [0.1, 0.15) is 25.8 Å². The van der Waals surface area contributed by atoms with E-state index in [-0.39, 0.29) is 11.4 Å². The maximum absolute atomic E-state index is 11.8. The first-order chi connectivity index (χ1) is 7.55. The number of benzene rings is 1. The maximum atomic E-state index is 11.8. The van der Waals surface area contributed by atoms with Crippen LogP contribution in [-0.4, -0.2) is 17.4 Å². The molecule has 1 heterocycles. The van der Waals surface area contributed by atoms with Crippen LogP contribution in [0.25, 0.3) is 0 Å². The van der Waals surface area contributed by atoms with Crippen LogP contribution in [-0.2, 0) is 9.53 Å². The highest BCUT2D eigenvalue weighted by molar-refractivity contribution is 6.09. The molecule has 2 aliphatic rings. The number of carbonyl (C=O) groups is 1. The fraction of sp³-hybridized carbons (Fsp3) is 0.385. The summed E-state index contributed by atoms with van der Waals surface area (Å²) in [6.07, 6.45) is 0.787. The van der Waals surface area contributed by atoms with Gasteiger partial charge in [0.05, 0.1) is 0 Å². The van der Waals surface area contributed by atoms with Crippen molar-refractivity contribution in [2.24, 2.45) is 10.4 Å². The normalized spacial score (nSPS) is 30.1. The van der Waals surface area contributed by atoms with Gasteiger partial charge in [-0.1, -0.05) is 32.0 Å². The molecule has 0 N–H and O–H groups in total. The van der Waals surface area contributed by atoms with Gasteiger partial charge in [-0.3, -0.25) is 0 Å². The van der Waals surface area contributed by atoms with Crippen LogP contribution >= 0.6 is 0 Å². The first kappa shape index (κ1) is 9.58. The van der Waals surface area contributed by atoms with Gasteiger partial charge in [0.25, 0.3) is 0 Å². The molecule has 0 amide bonds. The molecule has 0 aromatic heterocycles. The molecule has 82 valence electrons. The van der Waals surface area contributed by atoms with Crippen molar-refractivity contribution in [2.75, 3.05) is 0 Å². The van der Waals surface area contributed by atoms with Crippen LogP contribution in [0, 0.1) is 5.41 Å². The van der Waals surface area contributed by atoms with E-state index in [1.165, 1.54) is 0 Å². The van der Waals surface area contributed by atoms with Gasteiger partial charge in [-0.2, -0.15) is 0 Å². The third kappa shape index (κ3) is 1.08. The molecule has 0 radical (unpaired) electrons. The molecule has 1 aliphatic heterocycles. The number of esters is 1. The SMILES string of the molecule is CC1(C)CC12N=C(c1ccccc1)OC2=O. The Morgan fingerprint density at radius 2 is 1.88 bits per heavy atom. The third-order valence-electron chi connectivity index (χ3n) is 3.53. The van der Waals surface area contributed by atoms with Crippen LogP contribution in [0.2, 0.25) is 0 Å². The van der Waals surface area contributed by atoms with Gasteiger partial charge in [0.2, 0.25) is 5.90 Å². The lowest BCUT2D eigenvalue weighted by molar-refractivity contribution is -0.136. The van der Waals surface area contributed by atoms with Gasteiger partial charge in [0, 0.05) is 11.0 Å². The predicted molar refractivity (Wildman–Crippen MR) is 60.2 cm³/mol. The number of rotatable bonds is 1. The fourth-order valence-corrected chi connectivity index (χ4v) is 2.25. The lowest BCUT2D eigenvalue weighted by atomic mass is 10.1. The summed E-state index contributed by atoms with van der Waals surface area (Å²) < 4.78 is 5.27. The topological polar surface area (TPSA) is 38.7 Å². The molecule has 1 aromatic carbocycles. The second-order valence-electron chi connectivity index (χ2n) is 5.09. The molecule has 1 unspecified atom stereocenters. The molecule has 1 aliphatic carbocycles. The van der Waals surface area contributed by atoms with E-state index >= 15 is 0 Å². The van der Waals surface area contributed by atoms with Crippen LogP contribution in [0.3, 0.4) is 0 Å². The zero-order valence-corrected chi connectivity index (χ0v) is 9.36. The van der Waals surface area contributed by atoms with E-state index in [1.54, 1.807) is 0 Å². The molecular formula is C13H13NO2. The van der Waals surface area contributed by atoms with E-state index in [2.05, 4.69) is 4.99 Å². The van der Waals surface area contributed by atoms with Crippen molar-refractivity contribution in [1.82, 2.24) is 0 Å². The summed E-state index contributed by atoms with van der Waals surface area (Å²) in [4.78, 5) is 16.3. The van der Waals surface area contributed by atoms with E-state index in [1.807, 2.05) is 44.2 Å². The van der Waals surface area contributed by atoms with Gasteiger partial charge in [0.15, 0.2) is 5.54 Å². The summed E-state index contributed by atoms with van der Waals surface area (Å²) in [7, 11) is 0. The second-order valence-corrected chi connectivity index (χ2v) is 5.09. The van der Waals surface area contributed by atoms with Gasteiger partial charge in [0.1, 0.15) is 0 Å². The van der Waals surface area contributed by atoms with Crippen molar-refractivity contribution in [3.63, 3.8) is 0 Å². The van der Waals surface area contributed by atoms with Crippen LogP contribution < -0.4 is 0 Å². The van der Waals surface area contributed by atoms with Crippen molar-refractivity contribution >= 4 is 11.9 Å². The number of hydrogen-bond acceptors (Lipinski definition) is 3. The number of ether oxygens (including phenoxy) is 1. The van der Waals surface area contributed by atoms with Gasteiger partial charge in [-0.15, -0.1) is 0 Å². The highest BCUT2D eigenvalue weighted by atomic mass is 16.6. The summed E-state index contributed by atoms with van der Waals surface area (Å²) >= 11 is 0. The number of cyclic esters (lactones) is 1. The molecule has 3 nitrogen and oxygen atoms in total. The quantitative estimate of drug-likeness (QED) is 0.673. The predicted octanol–water partition coefficient (Wildman–Crippen LogP) is 2.16. The Bertz CT molecular complexity index is 490. The largest absolute Gasteiger partial charge is 0.405 e. The van der Waals surface area contributed by atoms with Crippen LogP contribution in [0.15, 0.2) is 35.3 Å². The lowest BCUT2D eigenvalue weighted by Gasteiger charge is -2.03. The van der Waals surface area contributed by atoms with Gasteiger partial charge >= 0.3 is 5.97 Å². The molecule has 0 bridgehead atoms. The van der Waals surface area contributed by atoms with Crippen molar-refractivity contribution in [2.45, 2.75) is 25.8 Å². The highest BCUT2D eigenvalue weighted by Crippen LogP contribution is 2.61. The molecular weight excluding hydrogens is 202 g/mol. The summed E-state index contributed by atoms with van der Waals surface area (Å²) in [5.41, 5.74) is 0.217. The van der Waals surface area contributed by atoms with Gasteiger partial charge in [-0.25, -0.2) is 9.79 Å². The molecule has 1 aromatic rings. The first-order valence-electron chi connectivity index (χ1n) is 5.43. The first-order valence-corrected chi connectivity index (χ1v) is 5.43. The standard InChI is InChI=1S/C13H13NO2/c1-12(2)8-13(12)11(15)16-10(14-13)9-6-4-3-5-7-9/h3-7H,8H2,1-2H3. The summed E-state index contributed by atoms with van der Waals surface area (Å²) in [6.45, 7) is 4.09. The highest BCUT2D eigenvalue weighted by Gasteiger charge is 2.71. The minimum Gasteiger partial charge on any atom is -0.405 e. The Morgan fingerprint density at radius 3 is 2.38 bits per heavy atom. The number of hydrogen-bond donors (Lipinski definition) is 0. The minimum absolute atomic E-state index is 0.0549. The molecule has 3 rings (SSSR count). The monoisotopic (exact) mass is 215 g/mol. The lowest BCUT2D eigenvalue weighted by Crippen LogP contribution is -2.22. The van der Waals surface area contributed by atoms with Crippen molar-refractivity contribution in [3.8, 4) is 0 Å². The van der Waals surface area contributed by atoms with Gasteiger partial charge in [-0.05, 0) is 18.6 Å². The van der Waals surface area contributed by atoms with Gasteiger partial charge < -0.3 is 4.74 Å². The average Bonchev–Trinajstić information content (AvgIpc) is 2.64. The van der Waals surface area contributed by atoms with E-state index in [9.17, 15) is 4.79 Å². The summed E-state index contributed by atoms with van der Waals surface area (Å²) in [5, 5.41) is 0. The molecule has 1 spiro atoms. The molecule has 3 heteroatoms. The van der Waals surface area contributed by atoms with E-state index in [0.717, 1.165) is 12.0 Å². The summed E-state index contributed by atoms with van der Waals surface area (Å²) in [5.74, 6) is 0.271. The second kappa shape index (κ2) is 2.73. The van der Waals surface area contributed by atoms with E-state index < -0.39 is 5.54 Å². The Hall–Kier alpha value is -1.64. The minimum atomic E-state index is -0.599. The Balaban J connectivity index is 2.00. The van der Waals surface area contributed by atoms with E-state index in [4.69, 9.17) is 4.74 Å². The molecule has 0 saturated heterocycles. The fourth-order valence-electron chi connectivity index (χ4n) is 2.25. The molecule has 16 heavy (non-hydrogen) atoms. The zero-order chi connectivity index (χ0) is 11.4. The van der Waals surface area contributed by atoms with Crippen molar-refractivity contribution in [3.05, 3.63) is 35.9 Å². The molecule has 1 atom stereocenters. The number of nitrogens with zero attached hydrogens (tertiary/aromatic N) is 1. The number of aliphatic imine (C=N–C) groups is 1. The zero-order valence-electron chi connectivity index (χ0n) is 9.36. The number of carbonyl (C=O) groups excluding carboxylic acids is 1. The Morgan fingerprint density at radius 1 is 1.25 bits per heavy atom. The van der Waals surface area contributed by atoms with E-state index in [0.29, 0.717) is 5.90 Å². The maximum Gasteiger partial charge on any atom is 0.341 e. The van der Waals surface area contributed by atoms with Crippen molar-refractivity contribution in [1.29, 1.82) is 0 Å². The molecule has 1 saturated carbocycles. The molecule has 1 fully saturated rings. The smallest absolute Gasteiger partial charge is 0.341 e. The van der Waals surface area contributed by atoms with Crippen molar-refractivity contribution < 1.29 is 9.53 Å². The van der Waals surface area contributed by atoms with Crippen LogP contribution in [0.5, 0.6) is 0 Å². The average molecular weight is 215 g/mol. The third-order valence-corrected chi connectivity index (χ3v) is 3.53. The Kier molecular flexibility index (Phi) is 1.63. The summed E-state index contributed by atoms with van der Waals surface area (Å²) in [6, 6.07) is 9.56.